The molecule has 0 amide bonds. The van der Waals surface area contributed by atoms with Crippen LogP contribution in [0, 0.1) is 11.3 Å². The van der Waals surface area contributed by atoms with Crippen molar-refractivity contribution in [1.29, 1.82) is 5.26 Å². The molecule has 9 nitrogen and oxygen atoms in total. The van der Waals surface area contributed by atoms with Gasteiger partial charge in [0.05, 0.1) is 21.5 Å². The normalized spacial score (nSPS) is 12.5. The van der Waals surface area contributed by atoms with Gasteiger partial charge in [-0.1, -0.05) is 11.6 Å². The first-order valence-electron chi connectivity index (χ1n) is 8.69. The summed E-state index contributed by atoms with van der Waals surface area (Å²) in [6.45, 7) is 2.93. The predicted molar refractivity (Wildman–Crippen MR) is 125 cm³/mol. The zero-order chi connectivity index (χ0) is 24.3. The molecule has 0 bridgehead atoms. The van der Waals surface area contributed by atoms with Crippen LogP contribution in [0.25, 0.3) is 0 Å². The lowest BCUT2D eigenvalue weighted by Gasteiger charge is -2.11. The first-order valence-corrected chi connectivity index (χ1v) is 14.1. The number of methoxy groups -OCH3 is 1. The van der Waals surface area contributed by atoms with Crippen LogP contribution in [0.4, 0.5) is 5.69 Å². The van der Waals surface area contributed by atoms with Crippen molar-refractivity contribution in [3.05, 3.63) is 34.2 Å². The van der Waals surface area contributed by atoms with E-state index < -0.39 is 35.9 Å². The number of nitrogens with zero attached hydrogens (tertiary/aromatic N) is 2. The van der Waals surface area contributed by atoms with E-state index in [-0.39, 0.29) is 24.6 Å². The molecule has 172 valence electrons. The lowest BCUT2D eigenvalue weighted by Crippen LogP contribution is -2.18. The maximum absolute atomic E-state index is 13.0. The number of nitrogens with one attached hydrogen (secondary N) is 1. The van der Waals surface area contributed by atoms with Crippen LogP contribution in [0.2, 0.25) is 5.02 Å². The number of anilines is 1. The highest BCUT2D eigenvalue weighted by molar-refractivity contribution is 8.07. The third kappa shape index (κ3) is 5.10. The van der Waals surface area contributed by atoms with E-state index in [1.807, 2.05) is 0 Å². The molecule has 1 aromatic carbocycles. The van der Waals surface area contributed by atoms with E-state index in [9.17, 15) is 26.9 Å². The molecule has 0 aliphatic heterocycles. The Bertz CT molecular complexity index is 1310. The minimum atomic E-state index is -4.34. The van der Waals surface area contributed by atoms with E-state index in [0.717, 1.165) is 30.2 Å². The van der Waals surface area contributed by atoms with Gasteiger partial charge in [0, 0.05) is 5.02 Å². The van der Waals surface area contributed by atoms with Gasteiger partial charge in [0.25, 0.3) is 5.04 Å². The zero-order valence-electron chi connectivity index (χ0n) is 17.2. The number of halogens is 1. The Morgan fingerprint density at radius 2 is 1.84 bits per heavy atom. The predicted octanol–water partition coefficient (Wildman–Crippen LogP) is 3.81. The number of sulfone groups is 2. The fourth-order valence-corrected chi connectivity index (χ4v) is 7.41. The molecule has 0 atom stereocenters. The quantitative estimate of drug-likeness (QED) is 0.184. The van der Waals surface area contributed by atoms with Crippen LogP contribution in [0.5, 0.6) is 0 Å². The fraction of sp³-hybridized carbons (Fsp3) is 0.278. The number of carbonyl (C=O) groups is 1. The highest BCUT2D eigenvalue weighted by Gasteiger charge is 2.34. The van der Waals surface area contributed by atoms with Gasteiger partial charge in [-0.15, -0.1) is 23.1 Å². The fourth-order valence-electron chi connectivity index (χ4n) is 2.34. The standard InChI is InChI=1S/C18H18ClN3O6S4/c1-10(2)31(24,25)16-14(15(17(23)28-3)30-18(16)29-4)22-21-13(9-20)32(26,27)12-7-5-11(19)6-8-12/h5-8,10,22H,1-4H3. The largest absolute Gasteiger partial charge is 0.465 e. The van der Waals surface area contributed by atoms with Crippen molar-refractivity contribution in [2.75, 3.05) is 18.8 Å². The van der Waals surface area contributed by atoms with Gasteiger partial charge in [-0.25, -0.2) is 21.6 Å². The maximum Gasteiger partial charge on any atom is 0.350 e. The second-order valence-electron chi connectivity index (χ2n) is 6.31. The molecule has 0 saturated heterocycles. The summed E-state index contributed by atoms with van der Waals surface area (Å²) in [6.07, 6.45) is 1.63. The highest BCUT2D eigenvalue weighted by atomic mass is 35.5. The van der Waals surface area contributed by atoms with Crippen LogP contribution >= 0.6 is 34.7 Å². The summed E-state index contributed by atoms with van der Waals surface area (Å²) in [5.74, 6) is -0.840. The molecular weight excluding hydrogens is 518 g/mol. The van der Waals surface area contributed by atoms with E-state index in [4.69, 9.17) is 16.3 Å². The first kappa shape index (κ1) is 26.1. The molecule has 2 rings (SSSR count). The Kier molecular flexibility index (Phi) is 8.35. The Morgan fingerprint density at radius 3 is 2.31 bits per heavy atom. The van der Waals surface area contributed by atoms with Crippen molar-refractivity contribution in [3.63, 3.8) is 0 Å². The van der Waals surface area contributed by atoms with Gasteiger partial charge in [-0.05, 0) is 44.4 Å². The average molecular weight is 536 g/mol. The van der Waals surface area contributed by atoms with E-state index in [0.29, 0.717) is 5.02 Å². The zero-order valence-corrected chi connectivity index (χ0v) is 21.3. The number of ether oxygens (including phenoxy) is 1. The lowest BCUT2D eigenvalue weighted by atomic mass is 10.4. The van der Waals surface area contributed by atoms with Gasteiger partial charge in [-0.3, -0.25) is 5.43 Å². The second kappa shape index (κ2) is 10.2. The Hall–Kier alpha value is -2.11. The minimum absolute atomic E-state index is 0.124. The van der Waals surface area contributed by atoms with Crippen molar-refractivity contribution in [2.45, 2.75) is 33.1 Å². The molecule has 0 aliphatic carbocycles. The Labute approximate surface area is 199 Å². The summed E-state index contributed by atoms with van der Waals surface area (Å²) in [5, 5.41) is 11.6. The molecule has 0 aliphatic rings. The molecule has 0 spiro atoms. The van der Waals surface area contributed by atoms with Gasteiger partial charge in [0.1, 0.15) is 21.5 Å². The van der Waals surface area contributed by atoms with Crippen LogP contribution in [0.3, 0.4) is 0 Å². The second-order valence-corrected chi connectivity index (χ2v) is 13.1. The van der Waals surface area contributed by atoms with Crippen LogP contribution in [0.1, 0.15) is 23.5 Å². The SMILES string of the molecule is COC(=O)c1sc(SC)c(S(=O)(=O)C(C)C)c1NN=C(C#N)S(=O)(=O)c1ccc(Cl)cc1. The number of hydrazone groups is 1. The molecule has 1 N–H and O–H groups in total. The van der Waals surface area contributed by atoms with Gasteiger partial charge < -0.3 is 4.74 Å². The number of hydrogen-bond acceptors (Lipinski definition) is 11. The molecule has 32 heavy (non-hydrogen) atoms. The molecule has 1 heterocycles. The van der Waals surface area contributed by atoms with Gasteiger partial charge in [0.2, 0.25) is 9.84 Å². The number of esters is 1. The van der Waals surface area contributed by atoms with Gasteiger partial charge >= 0.3 is 5.97 Å². The number of nitriles is 1. The summed E-state index contributed by atoms with van der Waals surface area (Å²) in [7, 11) is -7.13. The molecule has 2 aromatic rings. The Balaban J connectivity index is 2.70. The van der Waals surface area contributed by atoms with E-state index >= 15 is 0 Å². The number of thioether (sulfide) groups is 1. The van der Waals surface area contributed by atoms with E-state index in [1.165, 1.54) is 44.2 Å². The molecule has 1 aromatic heterocycles. The van der Waals surface area contributed by atoms with Crippen molar-refractivity contribution in [3.8, 4) is 6.07 Å². The third-order valence-corrected chi connectivity index (χ3v) is 10.6. The monoisotopic (exact) mass is 535 g/mol. The summed E-state index contributed by atoms with van der Waals surface area (Å²) in [4.78, 5) is 11.7. The van der Waals surface area contributed by atoms with Crippen LogP contribution in [-0.2, 0) is 24.4 Å². The first-order chi connectivity index (χ1) is 14.9. The van der Waals surface area contributed by atoms with Crippen molar-refractivity contribution >= 4 is 71.1 Å². The highest BCUT2D eigenvalue weighted by Crippen LogP contribution is 2.43. The van der Waals surface area contributed by atoms with Crippen LogP contribution in [0.15, 0.2) is 43.4 Å². The van der Waals surface area contributed by atoms with E-state index in [2.05, 4.69) is 10.5 Å². The smallest absolute Gasteiger partial charge is 0.350 e. The summed E-state index contributed by atoms with van der Waals surface area (Å²) >= 11 is 7.73. The van der Waals surface area contributed by atoms with Gasteiger partial charge in [0.15, 0.2) is 9.84 Å². The number of hydrogen-bond donors (Lipinski definition) is 1. The molecule has 0 fully saturated rings. The third-order valence-electron chi connectivity index (χ3n) is 4.04. The minimum Gasteiger partial charge on any atom is -0.465 e. The average Bonchev–Trinajstić information content (AvgIpc) is 3.13. The molecule has 0 saturated carbocycles. The summed E-state index contributed by atoms with van der Waals surface area (Å²) < 4.78 is 56.5. The molecular formula is C18H18ClN3O6S4. The molecule has 0 unspecified atom stereocenters. The van der Waals surface area contributed by atoms with Crippen LogP contribution in [-0.4, -0.2) is 46.5 Å². The molecule has 14 heteroatoms. The van der Waals surface area contributed by atoms with Gasteiger partial charge in [-0.2, -0.15) is 10.4 Å². The molecule has 0 radical (unpaired) electrons. The topological polar surface area (TPSA) is 143 Å². The maximum atomic E-state index is 13.0. The van der Waals surface area contributed by atoms with Crippen LogP contribution < -0.4 is 5.43 Å². The van der Waals surface area contributed by atoms with Crippen molar-refractivity contribution in [1.82, 2.24) is 0 Å². The summed E-state index contributed by atoms with van der Waals surface area (Å²) in [6, 6.07) is 6.57. The lowest BCUT2D eigenvalue weighted by molar-refractivity contribution is 0.0607. The number of carbonyl (C=O) groups excluding carboxylic acids is 1. The number of benzene rings is 1. The number of thiophene rings is 1. The number of rotatable bonds is 7. The Morgan fingerprint density at radius 1 is 1.25 bits per heavy atom. The summed E-state index contributed by atoms with van der Waals surface area (Å²) in [5.41, 5.74) is 2.08. The van der Waals surface area contributed by atoms with Crippen molar-refractivity contribution in [2.24, 2.45) is 5.10 Å². The van der Waals surface area contributed by atoms with E-state index in [1.54, 1.807) is 6.26 Å². The van der Waals surface area contributed by atoms with Crippen molar-refractivity contribution < 1.29 is 26.4 Å².